The summed E-state index contributed by atoms with van der Waals surface area (Å²) < 4.78 is 1.43. The molecule has 18 heavy (non-hydrogen) atoms. The van der Waals surface area contributed by atoms with Gasteiger partial charge in [0, 0.05) is 23.4 Å². The van der Waals surface area contributed by atoms with Gasteiger partial charge in [-0.3, -0.25) is 4.40 Å². The van der Waals surface area contributed by atoms with Gasteiger partial charge >= 0.3 is 0 Å². The van der Waals surface area contributed by atoms with E-state index in [1.54, 1.807) is 11.8 Å². The number of nitrogens with zero attached hydrogens (tertiary/aromatic N) is 4. The lowest BCUT2D eigenvalue weighted by Gasteiger charge is -2.03. The van der Waals surface area contributed by atoms with E-state index in [-0.39, 0.29) is 0 Å². The molecule has 3 rings (SSSR count). The maximum Gasteiger partial charge on any atom is 0.197 e. The number of halogens is 2. The van der Waals surface area contributed by atoms with Crippen molar-refractivity contribution in [3.05, 3.63) is 17.6 Å². The first-order chi connectivity index (χ1) is 8.47. The monoisotopic (exact) mass is 302 g/mol. The van der Waals surface area contributed by atoms with Crippen molar-refractivity contribution in [2.45, 2.75) is 29.8 Å². The van der Waals surface area contributed by atoms with Crippen LogP contribution in [0.3, 0.4) is 0 Å². The lowest BCUT2D eigenvalue weighted by atomic mass is 10.4. The number of aromatic nitrogens is 4. The standard InChI is InChI=1S/C11H12Cl2N4S/c1-6-3-9-15-16-10(17(9)7(2)14-6)18-5-8-4-11(8,12)13/h3,8H,4-5H2,1-2H3/t8-/m1/s1. The predicted octanol–water partition coefficient (Wildman–Crippen LogP) is 3.03. The van der Waals surface area contributed by atoms with Crippen molar-refractivity contribution < 1.29 is 0 Å². The summed E-state index contributed by atoms with van der Waals surface area (Å²) in [5.41, 5.74) is 1.79. The Morgan fingerprint density at radius 1 is 1.44 bits per heavy atom. The van der Waals surface area contributed by atoms with E-state index in [0.29, 0.717) is 5.92 Å². The van der Waals surface area contributed by atoms with E-state index in [4.69, 9.17) is 23.2 Å². The minimum Gasteiger partial charge on any atom is -0.258 e. The molecule has 0 aromatic carbocycles. The van der Waals surface area contributed by atoms with Crippen molar-refractivity contribution in [3.63, 3.8) is 0 Å². The molecular weight excluding hydrogens is 291 g/mol. The molecule has 1 aliphatic carbocycles. The molecule has 1 atom stereocenters. The molecule has 0 spiro atoms. The Balaban J connectivity index is 1.84. The Bertz CT molecular complexity index is 610. The van der Waals surface area contributed by atoms with Gasteiger partial charge in [-0.15, -0.1) is 33.4 Å². The normalized spacial score (nSPS) is 21.4. The molecule has 1 saturated carbocycles. The Hall–Kier alpha value is -0.520. The third-order valence-electron chi connectivity index (χ3n) is 3.03. The number of rotatable bonds is 3. The van der Waals surface area contributed by atoms with Crippen molar-refractivity contribution in [1.82, 2.24) is 19.6 Å². The van der Waals surface area contributed by atoms with Crippen molar-refractivity contribution in [2.75, 3.05) is 5.75 Å². The van der Waals surface area contributed by atoms with Gasteiger partial charge in [-0.05, 0) is 20.3 Å². The molecule has 0 aliphatic heterocycles. The van der Waals surface area contributed by atoms with E-state index in [1.807, 2.05) is 24.3 Å². The van der Waals surface area contributed by atoms with Crippen LogP contribution in [0.5, 0.6) is 0 Å². The van der Waals surface area contributed by atoms with E-state index in [1.165, 1.54) is 0 Å². The SMILES string of the molecule is Cc1cc2nnc(SC[C@H]3CC3(Cl)Cl)n2c(C)n1. The zero-order chi connectivity index (χ0) is 12.9. The zero-order valence-corrected chi connectivity index (χ0v) is 12.4. The first-order valence-electron chi connectivity index (χ1n) is 5.67. The van der Waals surface area contributed by atoms with Crippen LogP contribution in [-0.2, 0) is 0 Å². The summed E-state index contributed by atoms with van der Waals surface area (Å²) >= 11 is 13.7. The predicted molar refractivity (Wildman–Crippen MR) is 73.5 cm³/mol. The van der Waals surface area contributed by atoms with Crippen LogP contribution in [0.4, 0.5) is 0 Å². The quantitative estimate of drug-likeness (QED) is 0.646. The van der Waals surface area contributed by atoms with Crippen LogP contribution in [0.25, 0.3) is 5.65 Å². The highest BCUT2D eigenvalue weighted by Crippen LogP contribution is 2.54. The molecule has 1 fully saturated rings. The lowest BCUT2D eigenvalue weighted by Crippen LogP contribution is -2.00. The first kappa shape index (κ1) is 12.5. The van der Waals surface area contributed by atoms with Gasteiger partial charge in [0.05, 0.1) is 0 Å². The molecule has 0 N–H and O–H groups in total. The fourth-order valence-electron chi connectivity index (χ4n) is 1.92. The third kappa shape index (κ3) is 2.19. The Labute approximate surface area is 119 Å². The molecule has 2 aromatic heterocycles. The van der Waals surface area contributed by atoms with E-state index in [2.05, 4.69) is 15.2 Å². The van der Waals surface area contributed by atoms with Gasteiger partial charge in [0.15, 0.2) is 10.8 Å². The molecule has 7 heteroatoms. The molecule has 0 saturated heterocycles. The molecule has 4 nitrogen and oxygen atoms in total. The maximum absolute atomic E-state index is 6.01. The second-order valence-corrected chi connectivity index (χ2v) is 7.12. The first-order valence-corrected chi connectivity index (χ1v) is 7.41. The maximum atomic E-state index is 6.01. The fraction of sp³-hybridized carbons (Fsp3) is 0.545. The second kappa shape index (κ2) is 4.25. The zero-order valence-electron chi connectivity index (χ0n) is 10.0. The average molecular weight is 303 g/mol. The van der Waals surface area contributed by atoms with Crippen LogP contribution in [0.1, 0.15) is 17.9 Å². The number of hydrogen-bond donors (Lipinski definition) is 0. The minimum atomic E-state index is -0.530. The van der Waals surface area contributed by atoms with Crippen LogP contribution in [0, 0.1) is 19.8 Å². The van der Waals surface area contributed by atoms with Crippen molar-refractivity contribution >= 4 is 40.6 Å². The largest absolute Gasteiger partial charge is 0.258 e. The van der Waals surface area contributed by atoms with Gasteiger partial charge in [-0.25, -0.2) is 4.98 Å². The van der Waals surface area contributed by atoms with Crippen LogP contribution >= 0.6 is 35.0 Å². The van der Waals surface area contributed by atoms with Crippen LogP contribution in [-0.4, -0.2) is 29.7 Å². The van der Waals surface area contributed by atoms with E-state index >= 15 is 0 Å². The molecule has 0 bridgehead atoms. The number of fused-ring (bicyclic) bond motifs is 1. The van der Waals surface area contributed by atoms with Crippen LogP contribution < -0.4 is 0 Å². The number of alkyl halides is 2. The van der Waals surface area contributed by atoms with Crippen molar-refractivity contribution in [2.24, 2.45) is 5.92 Å². The summed E-state index contributed by atoms with van der Waals surface area (Å²) in [7, 11) is 0. The smallest absolute Gasteiger partial charge is 0.197 e. The van der Waals surface area contributed by atoms with E-state index in [0.717, 1.165) is 34.5 Å². The van der Waals surface area contributed by atoms with Gasteiger partial charge in [0.1, 0.15) is 10.2 Å². The highest BCUT2D eigenvalue weighted by molar-refractivity contribution is 7.99. The molecule has 0 unspecified atom stereocenters. The highest BCUT2D eigenvalue weighted by Gasteiger charge is 2.51. The van der Waals surface area contributed by atoms with Gasteiger partial charge in [0.2, 0.25) is 0 Å². The lowest BCUT2D eigenvalue weighted by molar-refractivity contribution is 0.849. The molecule has 2 aromatic rings. The molecule has 1 aliphatic rings. The Kier molecular flexibility index (Phi) is 2.95. The summed E-state index contributed by atoms with van der Waals surface area (Å²) in [6.45, 7) is 3.91. The summed E-state index contributed by atoms with van der Waals surface area (Å²) in [6, 6.07) is 1.93. The second-order valence-electron chi connectivity index (χ2n) is 4.59. The average Bonchev–Trinajstić information content (AvgIpc) is 2.70. The molecule has 2 heterocycles. The number of aryl methyl sites for hydroxylation is 2. The van der Waals surface area contributed by atoms with Crippen molar-refractivity contribution in [1.29, 1.82) is 0 Å². The molecular formula is C11H12Cl2N4S. The number of hydrogen-bond acceptors (Lipinski definition) is 4. The summed E-state index contributed by atoms with van der Waals surface area (Å²) in [6.07, 6.45) is 0.857. The summed E-state index contributed by atoms with van der Waals surface area (Å²) in [5, 5.41) is 9.21. The van der Waals surface area contributed by atoms with Crippen molar-refractivity contribution in [3.8, 4) is 0 Å². The fourth-order valence-corrected chi connectivity index (χ4v) is 3.84. The van der Waals surface area contributed by atoms with Gasteiger partial charge < -0.3 is 0 Å². The number of thioether (sulfide) groups is 1. The third-order valence-corrected chi connectivity index (χ3v) is 5.04. The van der Waals surface area contributed by atoms with Gasteiger partial charge in [-0.2, -0.15) is 0 Å². The molecule has 0 radical (unpaired) electrons. The van der Waals surface area contributed by atoms with E-state index < -0.39 is 4.33 Å². The Morgan fingerprint density at radius 3 is 2.83 bits per heavy atom. The van der Waals surface area contributed by atoms with Gasteiger partial charge in [-0.1, -0.05) is 11.8 Å². The van der Waals surface area contributed by atoms with Crippen LogP contribution in [0.2, 0.25) is 0 Å². The van der Waals surface area contributed by atoms with Crippen LogP contribution in [0.15, 0.2) is 11.2 Å². The highest BCUT2D eigenvalue weighted by atomic mass is 35.5. The minimum absolute atomic E-state index is 0.344. The Morgan fingerprint density at radius 2 is 2.17 bits per heavy atom. The molecule has 96 valence electrons. The molecule has 0 amide bonds. The van der Waals surface area contributed by atoms with Gasteiger partial charge in [0.25, 0.3) is 0 Å². The summed E-state index contributed by atoms with van der Waals surface area (Å²) in [4.78, 5) is 4.42. The summed E-state index contributed by atoms with van der Waals surface area (Å²) in [5.74, 6) is 2.11. The topological polar surface area (TPSA) is 43.1 Å². The van der Waals surface area contributed by atoms with E-state index in [9.17, 15) is 0 Å².